The second kappa shape index (κ2) is 10.6. The molecule has 138 valence electrons. The fourth-order valence-electron chi connectivity index (χ4n) is 3.11. The van der Waals surface area contributed by atoms with Gasteiger partial charge in [-0.05, 0) is 30.9 Å². The summed E-state index contributed by atoms with van der Waals surface area (Å²) >= 11 is 0. The van der Waals surface area contributed by atoms with E-state index >= 15 is 0 Å². The standard InChI is InChI=1S/C23H29NO2/c1-4-5-16-23(26-20(3)25)19(2)24(17-21-12-8-6-9-13-21)18-22-14-10-7-11-15-22/h4,6-15,19,23H,1,5,16-18H2,2-3H3/t19-,23+/m0/s1. The van der Waals surface area contributed by atoms with E-state index in [1.54, 1.807) is 0 Å². The van der Waals surface area contributed by atoms with Crippen molar-refractivity contribution in [2.75, 3.05) is 0 Å². The average molecular weight is 351 g/mol. The molecule has 0 saturated carbocycles. The minimum Gasteiger partial charge on any atom is -0.461 e. The number of nitrogens with zero attached hydrogens (tertiary/aromatic N) is 1. The van der Waals surface area contributed by atoms with E-state index in [1.807, 2.05) is 18.2 Å². The van der Waals surface area contributed by atoms with E-state index in [9.17, 15) is 4.79 Å². The molecule has 0 saturated heterocycles. The molecular formula is C23H29NO2. The number of esters is 1. The van der Waals surface area contributed by atoms with Gasteiger partial charge in [-0.1, -0.05) is 66.7 Å². The summed E-state index contributed by atoms with van der Waals surface area (Å²) in [5.74, 6) is -0.231. The van der Waals surface area contributed by atoms with Crippen LogP contribution >= 0.6 is 0 Å². The maximum Gasteiger partial charge on any atom is 0.302 e. The predicted molar refractivity (Wildman–Crippen MR) is 107 cm³/mol. The molecule has 2 aromatic rings. The minimum atomic E-state index is -0.231. The second-order valence-corrected chi connectivity index (χ2v) is 6.63. The largest absolute Gasteiger partial charge is 0.461 e. The number of ether oxygens (including phenoxy) is 1. The summed E-state index contributed by atoms with van der Waals surface area (Å²) in [5.41, 5.74) is 2.50. The molecule has 0 radical (unpaired) electrons. The molecule has 26 heavy (non-hydrogen) atoms. The first-order valence-electron chi connectivity index (χ1n) is 9.20. The smallest absolute Gasteiger partial charge is 0.302 e. The topological polar surface area (TPSA) is 29.5 Å². The van der Waals surface area contributed by atoms with E-state index in [0.717, 1.165) is 25.9 Å². The second-order valence-electron chi connectivity index (χ2n) is 6.63. The SMILES string of the molecule is C=CCC[C@@H](OC(C)=O)[C@H](C)N(Cc1ccccc1)Cc1ccccc1. The summed E-state index contributed by atoms with van der Waals surface area (Å²) in [5, 5.41) is 0. The first kappa shape index (κ1) is 19.9. The molecule has 3 heteroatoms. The first-order chi connectivity index (χ1) is 12.6. The van der Waals surface area contributed by atoms with Crippen molar-refractivity contribution in [3.05, 3.63) is 84.4 Å². The maximum absolute atomic E-state index is 11.6. The quantitative estimate of drug-likeness (QED) is 0.447. The highest BCUT2D eigenvalue weighted by molar-refractivity contribution is 5.66. The van der Waals surface area contributed by atoms with Crippen LogP contribution in [0.5, 0.6) is 0 Å². The number of hydrogen-bond acceptors (Lipinski definition) is 3. The molecule has 0 heterocycles. The van der Waals surface area contributed by atoms with Gasteiger partial charge in [0.25, 0.3) is 0 Å². The Bertz CT molecular complexity index is 628. The van der Waals surface area contributed by atoms with Crippen molar-refractivity contribution < 1.29 is 9.53 Å². The highest BCUT2D eigenvalue weighted by Crippen LogP contribution is 2.20. The minimum absolute atomic E-state index is 0.0965. The van der Waals surface area contributed by atoms with Crippen molar-refractivity contribution >= 4 is 5.97 Å². The zero-order chi connectivity index (χ0) is 18.8. The normalized spacial score (nSPS) is 13.2. The molecule has 0 unspecified atom stereocenters. The molecule has 0 amide bonds. The fourth-order valence-corrected chi connectivity index (χ4v) is 3.11. The van der Waals surface area contributed by atoms with Gasteiger partial charge in [-0.25, -0.2) is 0 Å². The molecular weight excluding hydrogens is 322 g/mol. The van der Waals surface area contributed by atoms with E-state index in [-0.39, 0.29) is 18.1 Å². The molecule has 0 aliphatic carbocycles. The van der Waals surface area contributed by atoms with E-state index in [0.29, 0.717) is 0 Å². The Morgan fingerprint density at radius 3 is 1.96 bits per heavy atom. The van der Waals surface area contributed by atoms with E-state index < -0.39 is 0 Å². The van der Waals surface area contributed by atoms with Gasteiger partial charge in [0, 0.05) is 26.1 Å². The van der Waals surface area contributed by atoms with Gasteiger partial charge in [0.05, 0.1) is 0 Å². The van der Waals surface area contributed by atoms with Crippen molar-refractivity contribution in [3.8, 4) is 0 Å². The third kappa shape index (κ3) is 6.49. The van der Waals surface area contributed by atoms with Gasteiger partial charge in [0.2, 0.25) is 0 Å². The molecule has 2 rings (SSSR count). The van der Waals surface area contributed by atoms with Crippen LogP contribution in [0, 0.1) is 0 Å². The number of rotatable bonds is 10. The van der Waals surface area contributed by atoms with Gasteiger partial charge in [-0.2, -0.15) is 0 Å². The average Bonchev–Trinajstić information content (AvgIpc) is 2.65. The molecule has 0 bridgehead atoms. The molecule has 0 aromatic heterocycles. The molecule has 0 N–H and O–H groups in total. The van der Waals surface area contributed by atoms with Crippen LogP contribution in [0.25, 0.3) is 0 Å². The number of allylic oxidation sites excluding steroid dienone is 1. The third-order valence-electron chi connectivity index (χ3n) is 4.54. The van der Waals surface area contributed by atoms with Gasteiger partial charge in [-0.3, -0.25) is 9.69 Å². The van der Waals surface area contributed by atoms with E-state index in [2.05, 4.69) is 66.9 Å². The van der Waals surface area contributed by atoms with Crippen molar-refractivity contribution in [2.24, 2.45) is 0 Å². The molecule has 2 atom stereocenters. The lowest BCUT2D eigenvalue weighted by atomic mass is 10.0. The Hall–Kier alpha value is -2.39. The van der Waals surface area contributed by atoms with Crippen LogP contribution in [0.4, 0.5) is 0 Å². The predicted octanol–water partition coefficient (Wildman–Crippen LogP) is 4.98. The van der Waals surface area contributed by atoms with Crippen LogP contribution < -0.4 is 0 Å². The van der Waals surface area contributed by atoms with Gasteiger partial charge < -0.3 is 4.74 Å². The summed E-state index contributed by atoms with van der Waals surface area (Å²) < 4.78 is 5.64. The van der Waals surface area contributed by atoms with Crippen LogP contribution in [0.2, 0.25) is 0 Å². The van der Waals surface area contributed by atoms with Crippen LogP contribution in [-0.4, -0.2) is 23.0 Å². The summed E-state index contributed by atoms with van der Waals surface area (Å²) in [6.45, 7) is 9.03. The Kier molecular flexibility index (Phi) is 8.10. The Morgan fingerprint density at radius 2 is 1.54 bits per heavy atom. The molecule has 2 aromatic carbocycles. The highest BCUT2D eigenvalue weighted by Gasteiger charge is 2.26. The third-order valence-corrected chi connectivity index (χ3v) is 4.54. The van der Waals surface area contributed by atoms with Gasteiger partial charge >= 0.3 is 5.97 Å². The van der Waals surface area contributed by atoms with Crippen molar-refractivity contribution in [1.82, 2.24) is 4.90 Å². The van der Waals surface area contributed by atoms with Crippen LogP contribution in [0.1, 0.15) is 37.8 Å². The van der Waals surface area contributed by atoms with Gasteiger partial charge in [-0.15, -0.1) is 6.58 Å². The fraction of sp³-hybridized carbons (Fsp3) is 0.348. The maximum atomic E-state index is 11.6. The van der Waals surface area contributed by atoms with Crippen LogP contribution in [0.3, 0.4) is 0 Å². The molecule has 0 aliphatic rings. The van der Waals surface area contributed by atoms with E-state index in [4.69, 9.17) is 4.74 Å². The summed E-state index contributed by atoms with van der Waals surface area (Å²) in [6, 6.07) is 20.9. The molecule has 0 spiro atoms. The lowest BCUT2D eigenvalue weighted by Crippen LogP contribution is -2.42. The lowest BCUT2D eigenvalue weighted by molar-refractivity contribution is -0.150. The van der Waals surface area contributed by atoms with Gasteiger partial charge in [0.15, 0.2) is 0 Å². The molecule has 3 nitrogen and oxygen atoms in total. The van der Waals surface area contributed by atoms with Crippen LogP contribution in [0.15, 0.2) is 73.3 Å². The van der Waals surface area contributed by atoms with Crippen molar-refractivity contribution in [1.29, 1.82) is 0 Å². The van der Waals surface area contributed by atoms with Gasteiger partial charge in [0.1, 0.15) is 6.10 Å². The summed E-state index contributed by atoms with van der Waals surface area (Å²) in [4.78, 5) is 14.0. The van der Waals surface area contributed by atoms with Crippen molar-refractivity contribution in [3.63, 3.8) is 0 Å². The zero-order valence-electron chi connectivity index (χ0n) is 15.8. The van der Waals surface area contributed by atoms with Crippen LogP contribution in [-0.2, 0) is 22.6 Å². The van der Waals surface area contributed by atoms with Crippen molar-refractivity contribution in [2.45, 2.75) is 51.9 Å². The Morgan fingerprint density at radius 1 is 1.04 bits per heavy atom. The zero-order valence-corrected chi connectivity index (χ0v) is 15.8. The Labute approximate surface area is 157 Å². The monoisotopic (exact) mass is 351 g/mol. The number of benzene rings is 2. The Balaban J connectivity index is 2.20. The summed E-state index contributed by atoms with van der Waals surface area (Å²) in [6.07, 6.45) is 3.33. The molecule has 0 fully saturated rings. The number of carbonyl (C=O) groups excluding carboxylic acids is 1. The van der Waals surface area contributed by atoms with E-state index in [1.165, 1.54) is 18.1 Å². The molecule has 0 aliphatic heterocycles. The number of hydrogen-bond donors (Lipinski definition) is 0. The lowest BCUT2D eigenvalue weighted by Gasteiger charge is -2.34. The summed E-state index contributed by atoms with van der Waals surface area (Å²) in [7, 11) is 0. The first-order valence-corrected chi connectivity index (χ1v) is 9.20. The number of carbonyl (C=O) groups is 1. The highest BCUT2D eigenvalue weighted by atomic mass is 16.5.